The summed E-state index contributed by atoms with van der Waals surface area (Å²) >= 11 is 8.11. The van der Waals surface area contributed by atoms with Crippen LogP contribution in [0.25, 0.3) is 0 Å². The SMILES string of the molecule is O=C(COc1ccc(Cl)cc1C1c2sc(=O)[nH]c2SC2C(=O)N(c3cccc(C(F)(F)F)c3)C(=O)C21)Nc1ccc(F)cc1. The van der Waals surface area contributed by atoms with Gasteiger partial charge in [-0.05, 0) is 60.7 Å². The molecule has 44 heavy (non-hydrogen) atoms. The lowest BCUT2D eigenvalue weighted by Crippen LogP contribution is -2.32. The first-order valence-electron chi connectivity index (χ1n) is 12.8. The molecule has 1 aromatic heterocycles. The minimum Gasteiger partial charge on any atom is -0.483 e. The van der Waals surface area contributed by atoms with Crippen LogP contribution in [0, 0.1) is 11.7 Å². The summed E-state index contributed by atoms with van der Waals surface area (Å²) in [6.45, 7) is -0.499. The van der Waals surface area contributed by atoms with Crippen LogP contribution in [0.5, 0.6) is 5.75 Å². The Kier molecular flexibility index (Phi) is 7.76. The van der Waals surface area contributed by atoms with Crippen molar-refractivity contribution in [3.8, 4) is 5.75 Å². The van der Waals surface area contributed by atoms with Crippen molar-refractivity contribution in [3.63, 3.8) is 0 Å². The summed E-state index contributed by atoms with van der Waals surface area (Å²) in [7, 11) is 0. The summed E-state index contributed by atoms with van der Waals surface area (Å²) in [5.41, 5.74) is -0.635. The van der Waals surface area contributed by atoms with Crippen molar-refractivity contribution in [3.05, 3.63) is 103 Å². The maximum Gasteiger partial charge on any atom is 0.416 e. The van der Waals surface area contributed by atoms with Crippen LogP contribution in [-0.4, -0.2) is 34.6 Å². The van der Waals surface area contributed by atoms with Gasteiger partial charge in [-0.1, -0.05) is 40.8 Å². The number of thiazole rings is 1. The topological polar surface area (TPSA) is 109 Å². The standard InChI is InChI=1S/C29H18ClF4N3O5S2/c30-14-4-9-19(42-12-20(38)35-16-7-5-15(31)6-8-16)18(11-14)21-22-24(43-25-23(21)44-28(41)36-25)27(40)37(26(22)39)17-3-1-2-13(10-17)29(32,33)34/h1-11,21-22,24H,12H2,(H,35,38)(H,36,41). The molecule has 6 rings (SSSR count). The number of imide groups is 1. The second-order valence-corrected chi connectivity index (χ2v) is 12.4. The minimum atomic E-state index is -4.70. The molecular formula is C29H18ClF4N3O5S2. The van der Waals surface area contributed by atoms with E-state index in [0.29, 0.717) is 21.2 Å². The van der Waals surface area contributed by atoms with E-state index in [-0.39, 0.29) is 16.5 Å². The zero-order chi connectivity index (χ0) is 31.3. The van der Waals surface area contributed by atoms with E-state index in [1.54, 1.807) is 0 Å². The average molecular weight is 664 g/mol. The van der Waals surface area contributed by atoms with Gasteiger partial charge < -0.3 is 15.0 Å². The number of hydrogen-bond acceptors (Lipinski definition) is 7. The lowest BCUT2D eigenvalue weighted by Gasteiger charge is -2.31. The quantitative estimate of drug-likeness (QED) is 0.192. The van der Waals surface area contributed by atoms with Crippen LogP contribution in [0.4, 0.5) is 28.9 Å². The molecule has 1 fully saturated rings. The van der Waals surface area contributed by atoms with Gasteiger partial charge in [-0.25, -0.2) is 9.29 Å². The van der Waals surface area contributed by atoms with E-state index in [1.165, 1.54) is 48.5 Å². The van der Waals surface area contributed by atoms with Gasteiger partial charge in [-0.15, -0.1) is 0 Å². The Morgan fingerprint density at radius 2 is 1.77 bits per heavy atom. The van der Waals surface area contributed by atoms with Crippen molar-refractivity contribution in [1.82, 2.24) is 4.98 Å². The van der Waals surface area contributed by atoms with Crippen LogP contribution in [0.1, 0.15) is 21.9 Å². The van der Waals surface area contributed by atoms with E-state index in [4.69, 9.17) is 16.3 Å². The van der Waals surface area contributed by atoms with Gasteiger partial charge in [0.15, 0.2) is 6.61 Å². The van der Waals surface area contributed by atoms with Crippen molar-refractivity contribution in [2.45, 2.75) is 22.4 Å². The number of alkyl halides is 3. The lowest BCUT2D eigenvalue weighted by atomic mass is 9.82. The van der Waals surface area contributed by atoms with Gasteiger partial charge in [0.25, 0.3) is 5.91 Å². The van der Waals surface area contributed by atoms with Crippen LogP contribution in [0.3, 0.4) is 0 Å². The number of H-pyrrole nitrogens is 1. The number of aromatic amines is 1. The predicted molar refractivity (Wildman–Crippen MR) is 156 cm³/mol. The molecule has 8 nitrogen and oxygen atoms in total. The van der Waals surface area contributed by atoms with Crippen LogP contribution in [0.15, 0.2) is 76.6 Å². The Morgan fingerprint density at radius 3 is 2.50 bits per heavy atom. The number of carbonyl (C=O) groups is 3. The minimum absolute atomic E-state index is 0.129. The highest BCUT2D eigenvalue weighted by atomic mass is 35.5. The molecule has 2 N–H and O–H groups in total. The highest BCUT2D eigenvalue weighted by Gasteiger charge is 2.57. The Labute approximate surface area is 259 Å². The first-order valence-corrected chi connectivity index (χ1v) is 14.9. The van der Waals surface area contributed by atoms with E-state index in [2.05, 4.69) is 10.3 Å². The molecule has 3 heterocycles. The van der Waals surface area contributed by atoms with Crippen molar-refractivity contribution < 1.29 is 36.7 Å². The van der Waals surface area contributed by atoms with Crippen LogP contribution in [-0.2, 0) is 20.6 Å². The summed E-state index contributed by atoms with van der Waals surface area (Å²) in [5.74, 6) is -4.55. The Bertz CT molecular complexity index is 1860. The normalized spacial score (nSPS) is 19.5. The molecule has 0 saturated carbocycles. The number of anilines is 2. The molecular weight excluding hydrogens is 646 g/mol. The highest BCUT2D eigenvalue weighted by molar-refractivity contribution is 8.00. The number of benzene rings is 3. The number of fused-ring (bicyclic) bond motifs is 2. The monoisotopic (exact) mass is 663 g/mol. The number of carbonyl (C=O) groups excluding carboxylic acids is 3. The first kappa shape index (κ1) is 29.9. The van der Waals surface area contributed by atoms with Crippen LogP contribution < -0.4 is 19.8 Å². The van der Waals surface area contributed by atoms with Crippen LogP contribution in [0.2, 0.25) is 5.02 Å². The number of hydrogen-bond donors (Lipinski definition) is 2. The van der Waals surface area contributed by atoms with E-state index in [1.807, 2.05) is 0 Å². The van der Waals surface area contributed by atoms with Gasteiger partial charge in [0.05, 0.1) is 22.2 Å². The summed E-state index contributed by atoms with van der Waals surface area (Å²) in [5, 5.41) is 2.04. The Morgan fingerprint density at radius 1 is 1.02 bits per heavy atom. The van der Waals surface area contributed by atoms with Gasteiger partial charge >= 0.3 is 11.0 Å². The van der Waals surface area contributed by atoms with E-state index in [9.17, 15) is 36.7 Å². The number of rotatable bonds is 6. The summed E-state index contributed by atoms with van der Waals surface area (Å²) < 4.78 is 59.4. The molecule has 0 radical (unpaired) electrons. The Balaban J connectivity index is 1.36. The molecule has 3 unspecified atom stereocenters. The van der Waals surface area contributed by atoms with E-state index in [0.717, 1.165) is 46.2 Å². The third kappa shape index (κ3) is 5.60. The fraction of sp³-hybridized carbons (Fsp3) is 0.172. The summed E-state index contributed by atoms with van der Waals surface area (Å²) in [6, 6.07) is 13.5. The number of ether oxygens (including phenoxy) is 1. The second kappa shape index (κ2) is 11.4. The molecule has 3 aromatic carbocycles. The number of thioether (sulfide) groups is 1. The molecule has 3 atom stereocenters. The largest absolute Gasteiger partial charge is 0.483 e. The number of halogens is 5. The van der Waals surface area contributed by atoms with Crippen molar-refractivity contribution in [2.75, 3.05) is 16.8 Å². The molecule has 0 bridgehead atoms. The van der Waals surface area contributed by atoms with Gasteiger partial charge in [-0.3, -0.25) is 19.2 Å². The molecule has 2 aliphatic heterocycles. The smallest absolute Gasteiger partial charge is 0.416 e. The molecule has 0 aliphatic carbocycles. The number of nitrogens with one attached hydrogen (secondary N) is 2. The highest BCUT2D eigenvalue weighted by Crippen LogP contribution is 2.55. The third-order valence-electron chi connectivity index (χ3n) is 7.05. The summed E-state index contributed by atoms with van der Waals surface area (Å²) in [6.07, 6.45) is -4.70. The van der Waals surface area contributed by atoms with E-state index < -0.39 is 63.8 Å². The maximum atomic E-state index is 14.0. The zero-order valence-corrected chi connectivity index (χ0v) is 24.4. The fourth-order valence-electron chi connectivity index (χ4n) is 5.20. The number of aromatic nitrogens is 1. The third-order valence-corrected chi connectivity index (χ3v) is 9.69. The van der Waals surface area contributed by atoms with Crippen LogP contribution >= 0.6 is 34.7 Å². The molecule has 0 spiro atoms. The second-order valence-electron chi connectivity index (χ2n) is 9.84. The van der Waals surface area contributed by atoms with Gasteiger partial charge in [-0.2, -0.15) is 13.2 Å². The van der Waals surface area contributed by atoms with Gasteiger partial charge in [0.1, 0.15) is 16.8 Å². The molecule has 15 heteroatoms. The average Bonchev–Trinajstić information content (AvgIpc) is 3.47. The maximum absolute atomic E-state index is 14.0. The lowest BCUT2D eigenvalue weighted by molar-refractivity contribution is -0.137. The van der Waals surface area contributed by atoms with Crippen molar-refractivity contribution >= 4 is 63.8 Å². The predicted octanol–water partition coefficient (Wildman–Crippen LogP) is 6.06. The van der Waals surface area contributed by atoms with Crippen molar-refractivity contribution in [2.24, 2.45) is 5.92 Å². The Hall–Kier alpha value is -4.14. The van der Waals surface area contributed by atoms with Gasteiger partial charge in [0, 0.05) is 27.1 Å². The summed E-state index contributed by atoms with van der Waals surface area (Å²) in [4.78, 5) is 56.0. The molecule has 1 saturated heterocycles. The fourth-order valence-corrected chi connectivity index (χ4v) is 7.88. The molecule has 2 aliphatic rings. The van der Waals surface area contributed by atoms with E-state index >= 15 is 0 Å². The number of nitrogens with zero attached hydrogens (tertiary/aromatic N) is 1. The van der Waals surface area contributed by atoms with Crippen molar-refractivity contribution in [1.29, 1.82) is 0 Å². The molecule has 4 aromatic rings. The molecule has 3 amide bonds. The first-order chi connectivity index (χ1) is 20.9. The number of amides is 3. The van der Waals surface area contributed by atoms with Gasteiger partial charge in [0.2, 0.25) is 11.8 Å². The molecule has 226 valence electrons. The zero-order valence-electron chi connectivity index (χ0n) is 22.0.